The van der Waals surface area contributed by atoms with Crippen LogP contribution in [0.25, 0.3) is 0 Å². The van der Waals surface area contributed by atoms with Gasteiger partial charge in [-0.15, -0.1) is 0 Å². The standard InChI is InChI=1S/C14H19N3O2/c1-15-14-5-4-13(17(18)19)7-11(14)9-16-8-10-2-3-12(16)6-10/h4-5,7,10,12,15H,2-3,6,8-9H2,1H3. The summed E-state index contributed by atoms with van der Waals surface area (Å²) in [6, 6.07) is 5.76. The molecule has 1 saturated carbocycles. The Labute approximate surface area is 112 Å². The van der Waals surface area contributed by atoms with Crippen molar-refractivity contribution in [3.05, 3.63) is 33.9 Å². The minimum Gasteiger partial charge on any atom is -0.388 e. The van der Waals surface area contributed by atoms with Crippen molar-refractivity contribution in [1.29, 1.82) is 0 Å². The summed E-state index contributed by atoms with van der Waals surface area (Å²) in [6.45, 7) is 1.97. The van der Waals surface area contributed by atoms with Gasteiger partial charge < -0.3 is 5.32 Å². The molecule has 1 heterocycles. The molecule has 2 unspecified atom stereocenters. The van der Waals surface area contributed by atoms with Crippen LogP contribution in [0.1, 0.15) is 24.8 Å². The highest BCUT2D eigenvalue weighted by Gasteiger charge is 2.37. The fourth-order valence-corrected chi connectivity index (χ4v) is 3.51. The topological polar surface area (TPSA) is 58.4 Å². The van der Waals surface area contributed by atoms with Gasteiger partial charge in [-0.2, -0.15) is 0 Å². The predicted molar refractivity (Wildman–Crippen MR) is 74.2 cm³/mol. The molecule has 5 nitrogen and oxygen atoms in total. The lowest BCUT2D eigenvalue weighted by atomic mass is 10.1. The normalized spacial score (nSPS) is 25.7. The summed E-state index contributed by atoms with van der Waals surface area (Å²) in [4.78, 5) is 13.0. The smallest absolute Gasteiger partial charge is 0.269 e. The summed E-state index contributed by atoms with van der Waals surface area (Å²) in [5.74, 6) is 0.849. The zero-order chi connectivity index (χ0) is 13.4. The van der Waals surface area contributed by atoms with Crippen LogP contribution in [-0.2, 0) is 6.54 Å². The molecule has 1 aromatic rings. The number of anilines is 1. The highest BCUT2D eigenvalue weighted by atomic mass is 16.6. The van der Waals surface area contributed by atoms with Gasteiger partial charge in [-0.1, -0.05) is 0 Å². The van der Waals surface area contributed by atoms with E-state index in [0.717, 1.165) is 30.3 Å². The molecule has 102 valence electrons. The largest absolute Gasteiger partial charge is 0.388 e. The number of fused-ring (bicyclic) bond motifs is 2. The third-order valence-electron chi connectivity index (χ3n) is 4.47. The Morgan fingerprint density at radius 3 is 2.89 bits per heavy atom. The van der Waals surface area contributed by atoms with Gasteiger partial charge in [0.25, 0.3) is 5.69 Å². The quantitative estimate of drug-likeness (QED) is 0.668. The van der Waals surface area contributed by atoms with E-state index in [2.05, 4.69) is 10.2 Å². The molecule has 1 aliphatic heterocycles. The van der Waals surface area contributed by atoms with Gasteiger partial charge in [-0.3, -0.25) is 15.0 Å². The minimum absolute atomic E-state index is 0.179. The van der Waals surface area contributed by atoms with E-state index in [-0.39, 0.29) is 10.6 Å². The first-order valence-electron chi connectivity index (χ1n) is 6.86. The predicted octanol–water partition coefficient (Wildman–Crippen LogP) is 2.62. The molecule has 0 spiro atoms. The van der Waals surface area contributed by atoms with Gasteiger partial charge in [0, 0.05) is 44.0 Å². The van der Waals surface area contributed by atoms with Crippen LogP contribution < -0.4 is 5.32 Å². The van der Waals surface area contributed by atoms with Crippen LogP contribution in [0.5, 0.6) is 0 Å². The summed E-state index contributed by atoms with van der Waals surface area (Å²) >= 11 is 0. The second-order valence-electron chi connectivity index (χ2n) is 5.61. The molecule has 19 heavy (non-hydrogen) atoms. The Kier molecular flexibility index (Phi) is 3.14. The van der Waals surface area contributed by atoms with E-state index in [0.29, 0.717) is 6.04 Å². The van der Waals surface area contributed by atoms with Crippen LogP contribution in [0, 0.1) is 16.0 Å². The molecule has 1 aliphatic carbocycles. The van der Waals surface area contributed by atoms with Crippen molar-refractivity contribution in [3.8, 4) is 0 Å². The molecule has 3 rings (SSSR count). The number of nitro groups is 1. The fraction of sp³-hybridized carbons (Fsp3) is 0.571. The van der Waals surface area contributed by atoms with Gasteiger partial charge in [-0.25, -0.2) is 0 Å². The van der Waals surface area contributed by atoms with Crippen LogP contribution in [0.15, 0.2) is 18.2 Å². The Bertz CT molecular complexity index is 503. The van der Waals surface area contributed by atoms with E-state index < -0.39 is 0 Å². The second kappa shape index (κ2) is 4.81. The third-order valence-corrected chi connectivity index (χ3v) is 4.47. The van der Waals surface area contributed by atoms with Crippen LogP contribution in [0.4, 0.5) is 11.4 Å². The Hall–Kier alpha value is -1.62. The average molecular weight is 261 g/mol. The number of nitro benzene ring substituents is 1. The average Bonchev–Trinajstić information content (AvgIpc) is 3.01. The molecule has 2 atom stereocenters. The lowest BCUT2D eigenvalue weighted by Gasteiger charge is -2.27. The summed E-state index contributed by atoms with van der Waals surface area (Å²) in [5.41, 5.74) is 2.20. The highest BCUT2D eigenvalue weighted by Crippen LogP contribution is 2.38. The van der Waals surface area contributed by atoms with Gasteiger partial charge in [0.05, 0.1) is 4.92 Å². The molecule has 0 aromatic heterocycles. The van der Waals surface area contributed by atoms with E-state index in [4.69, 9.17) is 0 Å². The molecule has 0 amide bonds. The monoisotopic (exact) mass is 261 g/mol. The van der Waals surface area contributed by atoms with Gasteiger partial charge in [0.1, 0.15) is 0 Å². The Morgan fingerprint density at radius 2 is 2.32 bits per heavy atom. The maximum Gasteiger partial charge on any atom is 0.269 e. The summed E-state index contributed by atoms with van der Waals surface area (Å²) in [6.07, 6.45) is 3.95. The van der Waals surface area contributed by atoms with E-state index >= 15 is 0 Å². The van der Waals surface area contributed by atoms with Crippen LogP contribution in [-0.4, -0.2) is 29.5 Å². The lowest BCUT2D eigenvalue weighted by molar-refractivity contribution is -0.384. The molecule has 1 N–H and O–H groups in total. The zero-order valence-corrected chi connectivity index (χ0v) is 11.1. The van der Waals surface area contributed by atoms with Gasteiger partial charge >= 0.3 is 0 Å². The van der Waals surface area contributed by atoms with E-state index in [9.17, 15) is 10.1 Å². The summed E-state index contributed by atoms with van der Waals surface area (Å²) < 4.78 is 0. The molecule has 1 aromatic carbocycles. The van der Waals surface area contributed by atoms with Crippen molar-refractivity contribution in [1.82, 2.24) is 4.90 Å². The number of piperidine rings is 1. The van der Waals surface area contributed by atoms with Crippen molar-refractivity contribution in [3.63, 3.8) is 0 Å². The van der Waals surface area contributed by atoms with E-state index in [1.165, 1.54) is 19.3 Å². The molecule has 1 saturated heterocycles. The van der Waals surface area contributed by atoms with Crippen LogP contribution >= 0.6 is 0 Å². The number of benzene rings is 1. The number of likely N-dealkylation sites (tertiary alicyclic amines) is 1. The number of nitrogens with one attached hydrogen (secondary N) is 1. The second-order valence-corrected chi connectivity index (χ2v) is 5.61. The number of non-ortho nitro benzene ring substituents is 1. The number of hydrogen-bond acceptors (Lipinski definition) is 4. The molecule has 2 bridgehead atoms. The van der Waals surface area contributed by atoms with Gasteiger partial charge in [0.15, 0.2) is 0 Å². The first-order valence-corrected chi connectivity index (χ1v) is 6.86. The first kappa shape index (κ1) is 12.4. The van der Waals surface area contributed by atoms with E-state index in [1.54, 1.807) is 12.1 Å². The molecular weight excluding hydrogens is 242 g/mol. The third kappa shape index (κ3) is 2.30. The van der Waals surface area contributed by atoms with Crippen molar-refractivity contribution in [2.75, 3.05) is 18.9 Å². The number of nitrogens with zero attached hydrogens (tertiary/aromatic N) is 2. The van der Waals surface area contributed by atoms with Crippen molar-refractivity contribution in [2.45, 2.75) is 31.8 Å². The first-order chi connectivity index (χ1) is 9.17. The van der Waals surface area contributed by atoms with Crippen molar-refractivity contribution in [2.24, 2.45) is 5.92 Å². The molecule has 0 radical (unpaired) electrons. The molecule has 5 heteroatoms. The van der Waals surface area contributed by atoms with Crippen molar-refractivity contribution < 1.29 is 4.92 Å². The van der Waals surface area contributed by atoms with Crippen LogP contribution in [0.2, 0.25) is 0 Å². The number of rotatable bonds is 4. The SMILES string of the molecule is CNc1ccc([N+](=O)[O-])cc1CN1CC2CCC1C2. The maximum absolute atomic E-state index is 10.9. The summed E-state index contributed by atoms with van der Waals surface area (Å²) in [7, 11) is 1.86. The molecule has 2 aliphatic rings. The highest BCUT2D eigenvalue weighted by molar-refractivity contribution is 5.55. The fourth-order valence-electron chi connectivity index (χ4n) is 3.51. The zero-order valence-electron chi connectivity index (χ0n) is 11.1. The molecular formula is C14H19N3O2. The van der Waals surface area contributed by atoms with Gasteiger partial charge in [0.2, 0.25) is 0 Å². The van der Waals surface area contributed by atoms with Crippen LogP contribution in [0.3, 0.4) is 0 Å². The maximum atomic E-state index is 10.9. The lowest BCUT2D eigenvalue weighted by Crippen LogP contribution is -2.31. The minimum atomic E-state index is -0.320. The summed E-state index contributed by atoms with van der Waals surface area (Å²) in [5, 5.41) is 14.0. The Balaban J connectivity index is 1.82. The van der Waals surface area contributed by atoms with Gasteiger partial charge in [-0.05, 0) is 36.8 Å². The van der Waals surface area contributed by atoms with E-state index in [1.807, 2.05) is 13.1 Å². The molecule has 2 fully saturated rings. The number of hydrogen-bond donors (Lipinski definition) is 1. The van der Waals surface area contributed by atoms with Crippen molar-refractivity contribution >= 4 is 11.4 Å². The Morgan fingerprint density at radius 1 is 1.47 bits per heavy atom.